The van der Waals surface area contributed by atoms with Crippen LogP contribution >= 0.6 is 0 Å². The third kappa shape index (κ3) is 5.55. The van der Waals surface area contributed by atoms with E-state index < -0.39 is 0 Å². The van der Waals surface area contributed by atoms with E-state index in [0.717, 1.165) is 38.6 Å². The maximum atomic E-state index is 5.15. The quantitative estimate of drug-likeness (QED) is 0.647. The Labute approximate surface area is 115 Å². The smallest absolute Gasteiger partial charge is 0.133 e. The van der Waals surface area contributed by atoms with Gasteiger partial charge in [0, 0.05) is 52.2 Å². The molecule has 0 saturated carbocycles. The summed E-state index contributed by atoms with van der Waals surface area (Å²) in [5.74, 6) is 1.03. The first-order valence-corrected chi connectivity index (χ1v) is 6.70. The van der Waals surface area contributed by atoms with Crippen LogP contribution in [0.3, 0.4) is 0 Å². The van der Waals surface area contributed by atoms with Crippen LogP contribution in [-0.4, -0.2) is 52.1 Å². The summed E-state index contributed by atoms with van der Waals surface area (Å²) in [5, 5.41) is 3.36. The van der Waals surface area contributed by atoms with Crippen molar-refractivity contribution in [1.29, 1.82) is 0 Å². The molecule has 1 heterocycles. The van der Waals surface area contributed by atoms with Crippen LogP contribution in [0.25, 0.3) is 0 Å². The summed E-state index contributed by atoms with van der Waals surface area (Å²) in [6.45, 7) is 6.98. The topological polar surface area (TPSA) is 46.6 Å². The molecule has 0 aliphatic heterocycles. The molecule has 0 aromatic carbocycles. The molecule has 1 rings (SSSR count). The minimum atomic E-state index is 0.709. The number of likely N-dealkylation sites (N-methyl/N-ethyl adjacent to an activating group) is 1. The summed E-state index contributed by atoms with van der Waals surface area (Å²) in [4.78, 5) is 6.73. The van der Waals surface area contributed by atoms with E-state index in [9.17, 15) is 0 Å². The molecule has 0 aliphatic rings. The highest BCUT2D eigenvalue weighted by Gasteiger charge is 2.10. The Morgan fingerprint density at radius 3 is 2.74 bits per heavy atom. The summed E-state index contributed by atoms with van der Waals surface area (Å²) in [6.07, 6.45) is 1.84. The molecule has 5 nitrogen and oxygen atoms in total. The van der Waals surface area contributed by atoms with Crippen molar-refractivity contribution in [1.82, 2.24) is 10.3 Å². The molecule has 0 saturated heterocycles. The van der Waals surface area contributed by atoms with E-state index in [1.54, 1.807) is 14.2 Å². The fourth-order valence-corrected chi connectivity index (χ4v) is 1.87. The average Bonchev–Trinajstić information content (AvgIpc) is 2.45. The largest absolute Gasteiger partial charge is 0.383 e. The van der Waals surface area contributed by atoms with E-state index in [4.69, 9.17) is 9.47 Å². The first-order chi connectivity index (χ1) is 9.33. The molecule has 0 unspecified atom stereocenters. The molecular weight excluding hydrogens is 242 g/mol. The Kier molecular flexibility index (Phi) is 8.13. The minimum absolute atomic E-state index is 0.709. The molecule has 1 aromatic rings. The van der Waals surface area contributed by atoms with E-state index in [1.807, 2.05) is 12.3 Å². The zero-order chi connectivity index (χ0) is 13.9. The zero-order valence-corrected chi connectivity index (χ0v) is 12.2. The molecule has 5 heteroatoms. The number of nitrogens with one attached hydrogen (secondary N) is 1. The van der Waals surface area contributed by atoms with Crippen molar-refractivity contribution in [2.75, 3.05) is 52.0 Å². The predicted molar refractivity (Wildman–Crippen MR) is 77.6 cm³/mol. The molecule has 19 heavy (non-hydrogen) atoms. The highest BCUT2D eigenvalue weighted by Crippen LogP contribution is 2.16. The van der Waals surface area contributed by atoms with E-state index >= 15 is 0 Å². The third-order valence-electron chi connectivity index (χ3n) is 2.91. The Morgan fingerprint density at radius 2 is 2.05 bits per heavy atom. The molecular formula is C14H25N3O2. The lowest BCUT2D eigenvalue weighted by molar-refractivity contribution is 0.199. The number of rotatable bonds is 10. The minimum Gasteiger partial charge on any atom is -0.383 e. The van der Waals surface area contributed by atoms with Crippen LogP contribution in [0.1, 0.15) is 12.5 Å². The number of methoxy groups -OCH3 is 2. The molecule has 0 amide bonds. The second-order valence-electron chi connectivity index (χ2n) is 4.23. The number of aromatic nitrogens is 1. The van der Waals surface area contributed by atoms with Crippen molar-refractivity contribution in [3.05, 3.63) is 23.9 Å². The lowest BCUT2D eigenvalue weighted by atomic mass is 10.2. The van der Waals surface area contributed by atoms with Crippen LogP contribution < -0.4 is 10.2 Å². The average molecular weight is 267 g/mol. The first-order valence-electron chi connectivity index (χ1n) is 6.70. The van der Waals surface area contributed by atoms with Gasteiger partial charge >= 0.3 is 0 Å². The Balaban J connectivity index is 2.64. The number of ether oxygens (including phenoxy) is 2. The van der Waals surface area contributed by atoms with Gasteiger partial charge in [0.1, 0.15) is 5.82 Å². The summed E-state index contributed by atoms with van der Waals surface area (Å²) < 4.78 is 10.2. The highest BCUT2D eigenvalue weighted by molar-refractivity contribution is 5.46. The molecule has 0 atom stereocenters. The number of anilines is 1. The van der Waals surface area contributed by atoms with Gasteiger partial charge in [-0.25, -0.2) is 4.98 Å². The Morgan fingerprint density at radius 1 is 1.26 bits per heavy atom. The van der Waals surface area contributed by atoms with E-state index in [0.29, 0.717) is 6.61 Å². The zero-order valence-electron chi connectivity index (χ0n) is 12.2. The summed E-state index contributed by atoms with van der Waals surface area (Å²) in [6, 6.07) is 4.08. The normalized spacial score (nSPS) is 10.7. The van der Waals surface area contributed by atoms with Gasteiger partial charge in [-0.15, -0.1) is 0 Å². The second-order valence-corrected chi connectivity index (χ2v) is 4.23. The third-order valence-corrected chi connectivity index (χ3v) is 2.91. The van der Waals surface area contributed by atoms with Crippen molar-refractivity contribution < 1.29 is 9.47 Å². The lowest BCUT2D eigenvalue weighted by Crippen LogP contribution is -2.29. The van der Waals surface area contributed by atoms with Crippen LogP contribution in [-0.2, 0) is 16.0 Å². The van der Waals surface area contributed by atoms with Crippen molar-refractivity contribution >= 4 is 5.82 Å². The van der Waals surface area contributed by atoms with E-state index in [2.05, 4.69) is 28.2 Å². The van der Waals surface area contributed by atoms with E-state index in [-0.39, 0.29) is 0 Å². The van der Waals surface area contributed by atoms with Crippen LogP contribution in [0.5, 0.6) is 0 Å². The summed E-state index contributed by atoms with van der Waals surface area (Å²) in [7, 11) is 3.43. The molecule has 0 fully saturated rings. The molecule has 1 aromatic heterocycles. The monoisotopic (exact) mass is 267 g/mol. The lowest BCUT2D eigenvalue weighted by Gasteiger charge is -2.24. The van der Waals surface area contributed by atoms with Gasteiger partial charge in [-0.3, -0.25) is 0 Å². The standard InChI is InChI=1S/C14H25N3O2/c1-4-17(9-11-19-3)14-13(6-5-7-16-14)12-15-8-10-18-2/h5-7,15H,4,8-12H2,1-3H3. The van der Waals surface area contributed by atoms with Crippen molar-refractivity contribution in [2.24, 2.45) is 0 Å². The van der Waals surface area contributed by atoms with Gasteiger partial charge in [0.2, 0.25) is 0 Å². The van der Waals surface area contributed by atoms with E-state index in [1.165, 1.54) is 5.56 Å². The van der Waals surface area contributed by atoms with Crippen LogP contribution in [0.4, 0.5) is 5.82 Å². The second kappa shape index (κ2) is 9.72. The summed E-state index contributed by atoms with van der Waals surface area (Å²) >= 11 is 0. The van der Waals surface area contributed by atoms with Crippen LogP contribution in [0, 0.1) is 0 Å². The van der Waals surface area contributed by atoms with Gasteiger partial charge in [0.15, 0.2) is 0 Å². The fourth-order valence-electron chi connectivity index (χ4n) is 1.87. The maximum absolute atomic E-state index is 5.15. The van der Waals surface area contributed by atoms with Gasteiger partial charge in [0.25, 0.3) is 0 Å². The van der Waals surface area contributed by atoms with Gasteiger partial charge in [0.05, 0.1) is 13.2 Å². The van der Waals surface area contributed by atoms with Crippen molar-refractivity contribution in [2.45, 2.75) is 13.5 Å². The maximum Gasteiger partial charge on any atom is 0.133 e. The first kappa shape index (κ1) is 15.9. The highest BCUT2D eigenvalue weighted by atomic mass is 16.5. The SMILES string of the molecule is CCN(CCOC)c1ncccc1CNCCOC. The van der Waals surface area contributed by atoms with Gasteiger partial charge in [-0.1, -0.05) is 6.07 Å². The van der Waals surface area contributed by atoms with Crippen LogP contribution in [0.2, 0.25) is 0 Å². The number of hydrogen-bond acceptors (Lipinski definition) is 5. The summed E-state index contributed by atoms with van der Waals surface area (Å²) in [5.41, 5.74) is 1.21. The predicted octanol–water partition coefficient (Wildman–Crippen LogP) is 1.29. The number of pyridine rings is 1. The molecule has 0 spiro atoms. The van der Waals surface area contributed by atoms with Gasteiger partial charge in [-0.05, 0) is 13.0 Å². The Hall–Kier alpha value is -1.17. The number of hydrogen-bond donors (Lipinski definition) is 1. The molecule has 0 radical (unpaired) electrons. The molecule has 0 bridgehead atoms. The molecule has 108 valence electrons. The van der Waals surface area contributed by atoms with Crippen molar-refractivity contribution in [3.8, 4) is 0 Å². The van der Waals surface area contributed by atoms with Gasteiger partial charge < -0.3 is 19.7 Å². The van der Waals surface area contributed by atoms with Crippen molar-refractivity contribution in [3.63, 3.8) is 0 Å². The molecule has 1 N–H and O–H groups in total. The number of nitrogens with zero attached hydrogens (tertiary/aromatic N) is 2. The van der Waals surface area contributed by atoms with Crippen LogP contribution in [0.15, 0.2) is 18.3 Å². The molecule has 0 aliphatic carbocycles. The fraction of sp³-hybridized carbons (Fsp3) is 0.643. The Bertz CT molecular complexity index is 347. The van der Waals surface area contributed by atoms with Gasteiger partial charge in [-0.2, -0.15) is 0 Å².